The number of methoxy groups -OCH3 is 2. The number of nitrogens with zero attached hydrogens (tertiary/aromatic N) is 4. The molecule has 23 heteroatoms. The fourth-order valence-electron chi connectivity index (χ4n) is 7.43. The van der Waals surface area contributed by atoms with Crippen LogP contribution < -0.4 is 25.2 Å². The molecule has 0 saturated carbocycles. The van der Waals surface area contributed by atoms with Crippen LogP contribution >= 0.6 is 23.2 Å². The van der Waals surface area contributed by atoms with Crippen molar-refractivity contribution in [2.75, 3.05) is 24.9 Å². The molecule has 0 radical (unpaired) electrons. The van der Waals surface area contributed by atoms with Gasteiger partial charge in [-0.05, 0) is 120 Å². The van der Waals surface area contributed by atoms with E-state index in [9.17, 15) is 45.7 Å². The summed E-state index contributed by atoms with van der Waals surface area (Å²) in [6, 6.07) is 34.8. The van der Waals surface area contributed by atoms with Crippen LogP contribution in [-0.2, 0) is 33.1 Å². The van der Waals surface area contributed by atoms with Crippen molar-refractivity contribution in [3.05, 3.63) is 166 Å². The van der Waals surface area contributed by atoms with Crippen LogP contribution in [0.2, 0.25) is 10.0 Å². The van der Waals surface area contributed by atoms with Crippen LogP contribution in [0.3, 0.4) is 0 Å². The number of anilines is 2. The molecular formula is C52H42CaCl2N6O12S2. The maximum atomic E-state index is 13.4. The molecule has 0 saturated heterocycles. The summed E-state index contributed by atoms with van der Waals surface area (Å²) in [6.07, 6.45) is 0.640. The zero-order chi connectivity index (χ0) is 53.5. The Morgan fingerprint density at radius 1 is 0.587 bits per heavy atom. The SMILES string of the molecule is CCc1cc(S(=O)(=O)O)cc(Cl)c1N=Nc1c(O)c(C(=O)Nc2ccc(OC)cc2)cc2ccccc12.CCc1cc(S(=O)(=O)[O-])cc(Cl)c1N=Nc1c([O-])c(C(=O)Nc2ccc(OC)cc2)cc2ccccc12.[Ca+2]. The van der Waals surface area contributed by atoms with Crippen LogP contribution in [0.1, 0.15) is 45.7 Å². The predicted molar refractivity (Wildman–Crippen MR) is 284 cm³/mol. The predicted octanol–water partition coefficient (Wildman–Crippen LogP) is 12.0. The van der Waals surface area contributed by atoms with E-state index in [4.69, 9.17) is 32.7 Å². The Morgan fingerprint density at radius 3 is 1.44 bits per heavy atom. The van der Waals surface area contributed by atoms with Gasteiger partial charge in [-0.25, -0.2) is 8.42 Å². The molecule has 8 rings (SSSR count). The quantitative estimate of drug-likeness (QED) is 0.0449. The number of azo groups is 2. The van der Waals surface area contributed by atoms with Gasteiger partial charge in [0.25, 0.3) is 21.9 Å². The number of carbonyl (C=O) groups excluding carboxylic acids is 2. The average molecular weight is 1120 g/mol. The molecule has 0 aliphatic rings. The van der Waals surface area contributed by atoms with Gasteiger partial charge in [-0.15, -0.1) is 15.3 Å². The Morgan fingerprint density at radius 2 is 0.987 bits per heavy atom. The number of nitrogens with one attached hydrogen (secondary N) is 2. The van der Waals surface area contributed by atoms with E-state index in [1.807, 2.05) is 0 Å². The minimum atomic E-state index is -4.73. The van der Waals surface area contributed by atoms with Crippen LogP contribution in [0.4, 0.5) is 34.1 Å². The Hall–Kier alpha value is -6.72. The number of benzene rings is 8. The molecule has 2 amide bonds. The van der Waals surface area contributed by atoms with Gasteiger partial charge in [0.15, 0.2) is 5.75 Å². The summed E-state index contributed by atoms with van der Waals surface area (Å²) in [4.78, 5) is 25.2. The van der Waals surface area contributed by atoms with E-state index in [1.54, 1.807) is 117 Å². The number of rotatable bonds is 14. The van der Waals surface area contributed by atoms with Gasteiger partial charge >= 0.3 is 37.7 Å². The summed E-state index contributed by atoms with van der Waals surface area (Å²) in [5.41, 5.74) is 1.82. The molecule has 0 aromatic heterocycles. The number of amides is 2. The molecule has 0 heterocycles. The molecule has 8 aromatic carbocycles. The number of phenols is 1. The van der Waals surface area contributed by atoms with Crippen molar-refractivity contribution in [3.8, 4) is 23.0 Å². The number of hydrogen-bond acceptors (Lipinski definition) is 15. The first-order valence-corrected chi connectivity index (χ1v) is 25.6. The van der Waals surface area contributed by atoms with Gasteiger partial charge in [-0.1, -0.05) is 91.3 Å². The van der Waals surface area contributed by atoms with E-state index in [-0.39, 0.29) is 86.6 Å². The van der Waals surface area contributed by atoms with Crippen molar-refractivity contribution in [1.82, 2.24) is 0 Å². The minimum Gasteiger partial charge on any atom is -0.870 e. The molecule has 0 atom stereocenters. The summed E-state index contributed by atoms with van der Waals surface area (Å²) in [5, 5.41) is 48.6. The smallest absolute Gasteiger partial charge is 0.870 e. The Balaban J connectivity index is 0.000000241. The molecule has 0 bridgehead atoms. The Kier molecular flexibility index (Phi) is 19.0. The molecule has 0 aliphatic carbocycles. The first-order chi connectivity index (χ1) is 35.2. The van der Waals surface area contributed by atoms with E-state index < -0.39 is 48.4 Å². The minimum absolute atomic E-state index is 0. The van der Waals surface area contributed by atoms with Crippen LogP contribution in [0, 0.1) is 0 Å². The number of aryl methyl sites for hydroxylation is 2. The first-order valence-electron chi connectivity index (χ1n) is 22.0. The van der Waals surface area contributed by atoms with Gasteiger partial charge in [0, 0.05) is 27.7 Å². The number of fused-ring (bicyclic) bond motifs is 2. The second kappa shape index (κ2) is 24.7. The molecule has 0 fully saturated rings. The third-order valence-corrected chi connectivity index (χ3v) is 13.5. The van der Waals surface area contributed by atoms with Crippen molar-refractivity contribution in [3.63, 3.8) is 0 Å². The van der Waals surface area contributed by atoms with Crippen LogP contribution in [0.15, 0.2) is 164 Å². The van der Waals surface area contributed by atoms with Gasteiger partial charge in [-0.2, -0.15) is 13.5 Å². The van der Waals surface area contributed by atoms with E-state index in [1.165, 1.54) is 32.4 Å². The van der Waals surface area contributed by atoms with Gasteiger partial charge in [0.2, 0.25) is 0 Å². The standard InChI is InChI=1S/2C26H22ClN3O6S.Ca/c2*1-3-15-12-19(37(33,34)35)14-22(27)23(15)29-30-24-20-7-5-4-6-16(20)13-21(25(24)31)26(32)28-17-8-10-18(36-2)11-9-17;/h2*4-14,31H,3H2,1-2H3,(H,28,32)(H,33,34,35);/q;;+2/p-2. The number of aromatic hydroxyl groups is 1. The summed E-state index contributed by atoms with van der Waals surface area (Å²) < 4.78 is 77.1. The maximum Gasteiger partial charge on any atom is 2.00 e. The summed E-state index contributed by atoms with van der Waals surface area (Å²) in [5.74, 6) is -0.992. The van der Waals surface area contributed by atoms with Gasteiger partial charge in [0.1, 0.15) is 38.7 Å². The molecule has 0 spiro atoms. The van der Waals surface area contributed by atoms with E-state index in [2.05, 4.69) is 31.1 Å². The van der Waals surface area contributed by atoms with Crippen LogP contribution in [0.25, 0.3) is 21.5 Å². The third-order valence-electron chi connectivity index (χ3n) is 11.2. The van der Waals surface area contributed by atoms with Crippen molar-refractivity contribution >= 4 is 149 Å². The molecular weight excluding hydrogens is 1080 g/mol. The molecule has 18 nitrogen and oxygen atoms in total. The van der Waals surface area contributed by atoms with Crippen molar-refractivity contribution < 1.29 is 55.2 Å². The molecule has 75 heavy (non-hydrogen) atoms. The topological polar surface area (TPSA) is 281 Å². The zero-order valence-corrected chi connectivity index (χ0v) is 45.5. The van der Waals surface area contributed by atoms with Gasteiger partial charge in [-0.3, -0.25) is 14.1 Å². The number of hydrogen-bond donors (Lipinski definition) is 4. The van der Waals surface area contributed by atoms with Crippen molar-refractivity contribution in [2.24, 2.45) is 20.5 Å². The fourth-order valence-corrected chi connectivity index (χ4v) is 9.22. The second-order valence-corrected chi connectivity index (χ2v) is 19.5. The normalized spacial score (nSPS) is 11.5. The number of carbonyl (C=O) groups is 2. The van der Waals surface area contributed by atoms with Crippen LogP contribution in [0.5, 0.6) is 23.0 Å². The van der Waals surface area contributed by atoms with E-state index in [0.717, 1.165) is 12.1 Å². The number of phenolic OH excluding ortho intramolecular Hbond substituents is 1. The Bertz CT molecular complexity index is 3530. The third kappa shape index (κ3) is 13.6. The van der Waals surface area contributed by atoms with Gasteiger partial charge in [0.05, 0.1) is 45.3 Å². The largest absolute Gasteiger partial charge is 2.00 e. The van der Waals surface area contributed by atoms with Crippen molar-refractivity contribution in [2.45, 2.75) is 36.5 Å². The molecule has 4 N–H and O–H groups in total. The van der Waals surface area contributed by atoms with Gasteiger partial charge < -0.3 is 34.9 Å². The summed E-state index contributed by atoms with van der Waals surface area (Å²) in [6.45, 7) is 3.49. The second-order valence-electron chi connectivity index (χ2n) is 15.9. The molecule has 380 valence electrons. The fraction of sp³-hybridized carbons (Fsp3) is 0.115. The zero-order valence-electron chi connectivity index (χ0n) is 40.2. The molecule has 0 aliphatic heterocycles. The summed E-state index contributed by atoms with van der Waals surface area (Å²) >= 11 is 12.5. The maximum absolute atomic E-state index is 13.4. The van der Waals surface area contributed by atoms with E-state index in [0.29, 0.717) is 68.4 Å². The average Bonchev–Trinajstić information content (AvgIpc) is 3.38. The van der Waals surface area contributed by atoms with E-state index >= 15 is 0 Å². The first kappa shape index (κ1) is 57.6. The molecule has 0 unspecified atom stereocenters. The van der Waals surface area contributed by atoms with Crippen LogP contribution in [-0.4, -0.2) is 94.8 Å². The molecule has 8 aromatic rings. The monoisotopic (exact) mass is 1120 g/mol. The Labute approximate surface area is 470 Å². The number of ether oxygens (including phenoxy) is 2. The number of halogens is 2. The summed E-state index contributed by atoms with van der Waals surface area (Å²) in [7, 11) is -6.14. The van der Waals surface area contributed by atoms with Crippen molar-refractivity contribution in [1.29, 1.82) is 0 Å².